The van der Waals surface area contributed by atoms with Crippen LogP contribution in [-0.4, -0.2) is 43.0 Å². The first-order chi connectivity index (χ1) is 9.76. The van der Waals surface area contributed by atoms with Crippen molar-refractivity contribution in [2.24, 2.45) is 0 Å². The minimum atomic E-state index is -0.211. The topological polar surface area (TPSA) is 41.6 Å². The fraction of sp³-hybridized carbons (Fsp3) is 0.533. The van der Waals surface area contributed by atoms with Crippen molar-refractivity contribution in [1.29, 1.82) is 0 Å². The predicted molar refractivity (Wildman–Crippen MR) is 82.1 cm³/mol. The second kappa shape index (κ2) is 7.55. The van der Waals surface area contributed by atoms with E-state index in [-0.39, 0.29) is 12.1 Å². The smallest absolute Gasteiger partial charge is 0.410 e. The van der Waals surface area contributed by atoms with E-state index in [1.54, 1.807) is 11.8 Å². The molecule has 0 spiro atoms. The van der Waals surface area contributed by atoms with Gasteiger partial charge in [0.2, 0.25) is 0 Å². The normalized spacial score (nSPS) is 18.0. The van der Waals surface area contributed by atoms with Gasteiger partial charge in [0.15, 0.2) is 0 Å². The number of thioether (sulfide) groups is 1. The number of nitrogens with one attached hydrogen (secondary N) is 1. The van der Waals surface area contributed by atoms with E-state index in [0.29, 0.717) is 13.2 Å². The highest BCUT2D eigenvalue weighted by Gasteiger charge is 2.28. The molecule has 0 bridgehead atoms. The van der Waals surface area contributed by atoms with Crippen molar-refractivity contribution in [3.8, 4) is 0 Å². The lowest BCUT2D eigenvalue weighted by atomic mass is 10.1. The monoisotopic (exact) mass is 294 g/mol. The van der Waals surface area contributed by atoms with Gasteiger partial charge in [0.05, 0.1) is 13.2 Å². The Kier molecular flexibility index (Phi) is 5.73. The SMILES string of the molecule is CCOC(=O)N(Cc1ccccc1SC)[C@H]1CCNC1. The molecular weight excluding hydrogens is 272 g/mol. The van der Waals surface area contributed by atoms with Gasteiger partial charge in [0, 0.05) is 17.5 Å². The van der Waals surface area contributed by atoms with Crippen molar-refractivity contribution in [2.75, 3.05) is 26.0 Å². The summed E-state index contributed by atoms with van der Waals surface area (Å²) >= 11 is 1.71. The molecule has 2 rings (SSSR count). The van der Waals surface area contributed by atoms with Gasteiger partial charge in [-0.1, -0.05) is 18.2 Å². The standard InChI is InChI=1S/C15H22N2O2S/c1-3-19-15(18)17(13-8-9-16-10-13)11-12-6-4-5-7-14(12)20-2/h4-7,13,16H,3,8-11H2,1-2H3/t13-/m0/s1. The molecule has 5 heteroatoms. The van der Waals surface area contributed by atoms with Gasteiger partial charge in [0.1, 0.15) is 0 Å². The lowest BCUT2D eigenvalue weighted by Crippen LogP contribution is -2.41. The molecule has 0 unspecified atom stereocenters. The van der Waals surface area contributed by atoms with Gasteiger partial charge in [-0.05, 0) is 37.8 Å². The van der Waals surface area contributed by atoms with Gasteiger partial charge in [-0.3, -0.25) is 4.90 Å². The molecule has 1 atom stereocenters. The molecule has 4 nitrogen and oxygen atoms in total. The van der Waals surface area contributed by atoms with Gasteiger partial charge in [0.25, 0.3) is 0 Å². The fourth-order valence-electron chi connectivity index (χ4n) is 2.47. The van der Waals surface area contributed by atoms with Crippen LogP contribution in [0, 0.1) is 0 Å². The fourth-order valence-corrected chi connectivity index (χ4v) is 3.08. The zero-order valence-electron chi connectivity index (χ0n) is 12.1. The molecule has 1 aliphatic rings. The Morgan fingerprint density at radius 2 is 2.30 bits per heavy atom. The number of nitrogens with zero attached hydrogens (tertiary/aromatic N) is 1. The molecule has 0 aliphatic carbocycles. The van der Waals surface area contributed by atoms with Crippen molar-refractivity contribution in [2.45, 2.75) is 30.8 Å². The average Bonchev–Trinajstić information content (AvgIpc) is 2.99. The quantitative estimate of drug-likeness (QED) is 0.848. The molecule has 1 aliphatic heterocycles. The van der Waals surface area contributed by atoms with Crippen molar-refractivity contribution in [3.05, 3.63) is 29.8 Å². The summed E-state index contributed by atoms with van der Waals surface area (Å²) in [4.78, 5) is 15.3. The molecule has 1 saturated heterocycles. The third-order valence-corrected chi connectivity index (χ3v) is 4.35. The Morgan fingerprint density at radius 1 is 1.50 bits per heavy atom. The van der Waals surface area contributed by atoms with Crippen LogP contribution in [0.3, 0.4) is 0 Å². The van der Waals surface area contributed by atoms with Crippen LogP contribution in [0.4, 0.5) is 4.79 Å². The molecule has 1 fully saturated rings. The van der Waals surface area contributed by atoms with E-state index >= 15 is 0 Å². The lowest BCUT2D eigenvalue weighted by molar-refractivity contribution is 0.0895. The first kappa shape index (κ1) is 15.2. The van der Waals surface area contributed by atoms with Crippen molar-refractivity contribution >= 4 is 17.9 Å². The summed E-state index contributed by atoms with van der Waals surface area (Å²) in [6, 6.07) is 8.45. The van der Waals surface area contributed by atoms with Crippen LogP contribution >= 0.6 is 11.8 Å². The first-order valence-electron chi connectivity index (χ1n) is 7.02. The Morgan fingerprint density at radius 3 is 2.95 bits per heavy atom. The molecule has 1 aromatic rings. The Labute approximate surface area is 124 Å². The summed E-state index contributed by atoms with van der Waals surface area (Å²) in [6.45, 7) is 4.69. The summed E-state index contributed by atoms with van der Waals surface area (Å²) in [6.07, 6.45) is 2.84. The average molecular weight is 294 g/mol. The van der Waals surface area contributed by atoms with Crippen molar-refractivity contribution in [1.82, 2.24) is 10.2 Å². The Bertz CT molecular complexity index is 447. The largest absolute Gasteiger partial charge is 0.450 e. The molecule has 20 heavy (non-hydrogen) atoms. The van der Waals surface area contributed by atoms with Crippen LogP contribution in [-0.2, 0) is 11.3 Å². The van der Waals surface area contributed by atoms with E-state index in [9.17, 15) is 4.79 Å². The van der Waals surface area contributed by atoms with Crippen molar-refractivity contribution in [3.63, 3.8) is 0 Å². The maximum Gasteiger partial charge on any atom is 0.410 e. The highest BCUT2D eigenvalue weighted by atomic mass is 32.2. The summed E-state index contributed by atoms with van der Waals surface area (Å²) in [5.74, 6) is 0. The summed E-state index contributed by atoms with van der Waals surface area (Å²) < 4.78 is 5.21. The lowest BCUT2D eigenvalue weighted by Gasteiger charge is -2.28. The van der Waals surface area contributed by atoms with Crippen LogP contribution in [0.1, 0.15) is 18.9 Å². The van der Waals surface area contributed by atoms with E-state index in [0.717, 1.165) is 19.5 Å². The third kappa shape index (κ3) is 3.67. The molecule has 0 radical (unpaired) electrons. The van der Waals surface area contributed by atoms with Crippen LogP contribution in [0.2, 0.25) is 0 Å². The van der Waals surface area contributed by atoms with E-state index in [1.165, 1.54) is 10.5 Å². The molecule has 0 saturated carbocycles. The van der Waals surface area contributed by atoms with E-state index in [4.69, 9.17) is 4.74 Å². The van der Waals surface area contributed by atoms with Crippen LogP contribution in [0.15, 0.2) is 29.2 Å². The van der Waals surface area contributed by atoms with Gasteiger partial charge < -0.3 is 10.1 Å². The molecule has 0 aromatic heterocycles. The number of hydrogen-bond acceptors (Lipinski definition) is 4. The highest BCUT2D eigenvalue weighted by molar-refractivity contribution is 7.98. The van der Waals surface area contributed by atoms with Crippen LogP contribution in [0.5, 0.6) is 0 Å². The minimum Gasteiger partial charge on any atom is -0.450 e. The summed E-state index contributed by atoms with van der Waals surface area (Å²) in [7, 11) is 0. The second-order valence-electron chi connectivity index (χ2n) is 4.79. The molecule has 1 amide bonds. The summed E-state index contributed by atoms with van der Waals surface area (Å²) in [5.41, 5.74) is 1.18. The van der Waals surface area contributed by atoms with Crippen molar-refractivity contribution < 1.29 is 9.53 Å². The number of amides is 1. The number of hydrogen-bond donors (Lipinski definition) is 1. The number of benzene rings is 1. The first-order valence-corrected chi connectivity index (χ1v) is 8.24. The predicted octanol–water partition coefficient (Wildman–Crippen LogP) is 2.73. The van der Waals surface area contributed by atoms with Gasteiger partial charge in [-0.2, -0.15) is 0 Å². The van der Waals surface area contributed by atoms with Crippen LogP contribution in [0.25, 0.3) is 0 Å². The van der Waals surface area contributed by atoms with Crippen LogP contribution < -0.4 is 5.32 Å². The maximum atomic E-state index is 12.2. The molecule has 1 heterocycles. The second-order valence-corrected chi connectivity index (χ2v) is 5.63. The zero-order chi connectivity index (χ0) is 14.4. The maximum absolute atomic E-state index is 12.2. The summed E-state index contributed by atoms with van der Waals surface area (Å²) in [5, 5.41) is 3.31. The highest BCUT2D eigenvalue weighted by Crippen LogP contribution is 2.23. The molecular formula is C15H22N2O2S. The van der Waals surface area contributed by atoms with E-state index in [2.05, 4.69) is 23.7 Å². The molecule has 110 valence electrons. The van der Waals surface area contributed by atoms with E-state index < -0.39 is 0 Å². The number of carbonyl (C=O) groups excluding carboxylic acids is 1. The zero-order valence-corrected chi connectivity index (χ0v) is 12.9. The minimum absolute atomic E-state index is 0.211. The number of rotatable bonds is 5. The third-order valence-electron chi connectivity index (χ3n) is 3.51. The Balaban J connectivity index is 2.16. The van der Waals surface area contributed by atoms with Gasteiger partial charge >= 0.3 is 6.09 Å². The number of carbonyl (C=O) groups is 1. The molecule has 1 N–H and O–H groups in total. The van der Waals surface area contributed by atoms with Gasteiger partial charge in [-0.15, -0.1) is 11.8 Å². The number of ether oxygens (including phenoxy) is 1. The van der Waals surface area contributed by atoms with Gasteiger partial charge in [-0.25, -0.2) is 4.79 Å². The molecule has 1 aromatic carbocycles. The van der Waals surface area contributed by atoms with E-state index in [1.807, 2.05) is 24.0 Å². The Hall–Kier alpha value is -1.20.